The number of carbonyl (C=O) groups is 1. The third-order valence-electron chi connectivity index (χ3n) is 5.12. The molecule has 2 aromatic heterocycles. The third kappa shape index (κ3) is 5.59. The van der Waals surface area contributed by atoms with Gasteiger partial charge < -0.3 is 10.6 Å². The molecule has 0 spiro atoms. The highest BCUT2D eigenvalue weighted by atomic mass is 35.5. The summed E-state index contributed by atoms with van der Waals surface area (Å²) in [5.41, 5.74) is 3.16. The molecule has 4 rings (SSSR count). The van der Waals surface area contributed by atoms with Crippen LogP contribution >= 0.6 is 11.6 Å². The number of nitrogens with one attached hydrogen (secondary N) is 2. The maximum Gasteiger partial charge on any atom is 0.238 e. The van der Waals surface area contributed by atoms with Gasteiger partial charge in [-0.25, -0.2) is 9.37 Å². The number of nitriles is 1. The molecule has 2 heterocycles. The topological polar surface area (TPSA) is 121 Å². The highest BCUT2D eigenvalue weighted by molar-refractivity contribution is 6.34. The van der Waals surface area contributed by atoms with Crippen LogP contribution in [0.15, 0.2) is 54.7 Å². The molecule has 0 unspecified atom stereocenters. The van der Waals surface area contributed by atoms with Gasteiger partial charge in [0.15, 0.2) is 5.82 Å². The molecule has 2 aromatic carbocycles. The Morgan fingerprint density at radius 1 is 1.20 bits per heavy atom. The molecule has 0 fully saturated rings. The van der Waals surface area contributed by atoms with Crippen LogP contribution in [0.2, 0.25) is 5.02 Å². The first-order valence-corrected chi connectivity index (χ1v) is 11.0. The van der Waals surface area contributed by atoms with Crippen LogP contribution in [0.3, 0.4) is 0 Å². The first-order valence-electron chi connectivity index (χ1n) is 10.6. The average molecular weight is 491 g/mol. The summed E-state index contributed by atoms with van der Waals surface area (Å²) in [4.78, 5) is 17.3. The molecule has 0 saturated carbocycles. The highest BCUT2D eigenvalue weighted by Gasteiger charge is 2.17. The monoisotopic (exact) mass is 490 g/mol. The van der Waals surface area contributed by atoms with Gasteiger partial charge in [-0.2, -0.15) is 10.1 Å². The van der Waals surface area contributed by atoms with Crippen molar-refractivity contribution >= 4 is 29.0 Å². The lowest BCUT2D eigenvalue weighted by atomic mass is 9.97. The van der Waals surface area contributed by atoms with Crippen molar-refractivity contribution < 1.29 is 9.18 Å². The predicted molar refractivity (Wildman–Crippen MR) is 130 cm³/mol. The van der Waals surface area contributed by atoms with Crippen LogP contribution in [0.4, 0.5) is 15.9 Å². The minimum Gasteiger partial charge on any atom is -0.368 e. The van der Waals surface area contributed by atoms with Crippen LogP contribution in [0.1, 0.15) is 12.0 Å². The molecule has 0 aliphatic rings. The molecule has 0 radical (unpaired) electrons. The van der Waals surface area contributed by atoms with Crippen molar-refractivity contribution in [2.24, 2.45) is 7.05 Å². The Bertz CT molecular complexity index is 1400. The summed E-state index contributed by atoms with van der Waals surface area (Å²) in [7, 11) is 1.63. The minimum atomic E-state index is -0.463. The molecule has 0 atom stereocenters. The Morgan fingerprint density at radius 2 is 2.00 bits per heavy atom. The number of aryl methyl sites for hydroxylation is 1. The van der Waals surface area contributed by atoms with Crippen molar-refractivity contribution in [2.45, 2.75) is 12.8 Å². The molecule has 2 N–H and O–H groups in total. The van der Waals surface area contributed by atoms with Crippen molar-refractivity contribution in [3.63, 3.8) is 0 Å². The van der Waals surface area contributed by atoms with Crippen molar-refractivity contribution in [1.82, 2.24) is 25.2 Å². The van der Waals surface area contributed by atoms with Crippen molar-refractivity contribution in [2.75, 3.05) is 17.2 Å². The third-order valence-corrected chi connectivity index (χ3v) is 5.44. The van der Waals surface area contributed by atoms with Crippen LogP contribution in [0.5, 0.6) is 0 Å². The molecule has 0 saturated heterocycles. The molecular weight excluding hydrogens is 471 g/mol. The lowest BCUT2D eigenvalue weighted by molar-refractivity contribution is -0.115. The number of benzene rings is 2. The fourth-order valence-corrected chi connectivity index (χ4v) is 3.69. The number of carbonyl (C=O) groups excluding carboxylic acids is 1. The molecule has 176 valence electrons. The van der Waals surface area contributed by atoms with Gasteiger partial charge in [-0.05, 0) is 40.5 Å². The van der Waals surface area contributed by atoms with E-state index in [0.29, 0.717) is 40.6 Å². The number of hydrogen-bond donors (Lipinski definition) is 2. The van der Waals surface area contributed by atoms with Crippen LogP contribution < -0.4 is 10.6 Å². The van der Waals surface area contributed by atoms with E-state index in [1.165, 1.54) is 17.1 Å². The molecule has 35 heavy (non-hydrogen) atoms. The summed E-state index contributed by atoms with van der Waals surface area (Å²) in [5.74, 6) is -0.244. The van der Waals surface area contributed by atoms with E-state index in [1.807, 2.05) is 30.3 Å². The number of rotatable bonds is 8. The number of nitrogens with zero attached hydrogens (tertiary/aromatic N) is 6. The molecule has 0 bridgehead atoms. The maximum atomic E-state index is 14.6. The number of amides is 1. The van der Waals surface area contributed by atoms with E-state index in [0.717, 1.165) is 11.1 Å². The quantitative estimate of drug-likeness (QED) is 0.379. The second-order valence-corrected chi connectivity index (χ2v) is 7.95. The molecule has 0 aliphatic carbocycles. The predicted octanol–water partition coefficient (Wildman–Crippen LogP) is 4.24. The standard InChI is InChI=1S/C24H20ClFN8O/c1-34-32-23(31-33-34)21-17(3-2-4-19(21)26)16-7-5-15(6-8-16)10-13-28-24-22(18(25)11-14-29-24)30-20(35)9-12-27/h2-8,11,14H,9-10,13H2,1H3,(H,28,29)(H,30,35). The van der Waals surface area contributed by atoms with Gasteiger partial charge >= 0.3 is 0 Å². The molecule has 1 amide bonds. The molecule has 9 nitrogen and oxygen atoms in total. The zero-order valence-electron chi connectivity index (χ0n) is 18.7. The van der Waals surface area contributed by atoms with Gasteiger partial charge in [0.25, 0.3) is 0 Å². The number of aromatic nitrogens is 5. The van der Waals surface area contributed by atoms with Gasteiger partial charge in [-0.3, -0.25) is 4.79 Å². The van der Waals surface area contributed by atoms with E-state index in [4.69, 9.17) is 16.9 Å². The summed E-state index contributed by atoms with van der Waals surface area (Å²) in [6.45, 7) is 0.516. The summed E-state index contributed by atoms with van der Waals surface area (Å²) >= 11 is 6.20. The maximum absolute atomic E-state index is 14.6. The Hall–Kier alpha value is -4.36. The lowest BCUT2D eigenvalue weighted by Gasteiger charge is -2.13. The van der Waals surface area contributed by atoms with E-state index >= 15 is 0 Å². The van der Waals surface area contributed by atoms with Gasteiger partial charge in [-0.1, -0.05) is 48.0 Å². The summed E-state index contributed by atoms with van der Waals surface area (Å²) in [6.07, 6.45) is 1.90. The van der Waals surface area contributed by atoms with Gasteiger partial charge in [0, 0.05) is 12.7 Å². The molecule has 11 heteroatoms. The lowest BCUT2D eigenvalue weighted by Crippen LogP contribution is -2.15. The number of pyridine rings is 1. The fourth-order valence-electron chi connectivity index (χ4n) is 3.50. The Morgan fingerprint density at radius 3 is 2.71 bits per heavy atom. The number of halogens is 2. The van der Waals surface area contributed by atoms with Crippen LogP contribution in [-0.2, 0) is 18.3 Å². The van der Waals surface area contributed by atoms with Crippen molar-refractivity contribution in [3.05, 3.63) is 71.1 Å². The molecule has 4 aromatic rings. The van der Waals surface area contributed by atoms with E-state index in [2.05, 4.69) is 31.0 Å². The van der Waals surface area contributed by atoms with E-state index in [-0.39, 0.29) is 12.2 Å². The molecule has 0 aliphatic heterocycles. The minimum absolute atomic E-state index is 0.223. The Labute approximate surface area is 205 Å². The van der Waals surface area contributed by atoms with Gasteiger partial charge in [0.05, 0.1) is 23.7 Å². The van der Waals surface area contributed by atoms with Crippen molar-refractivity contribution in [3.8, 4) is 28.6 Å². The Kier molecular flexibility index (Phi) is 7.28. The summed E-state index contributed by atoms with van der Waals surface area (Å²) in [6, 6.07) is 15.9. The zero-order chi connectivity index (χ0) is 24.8. The van der Waals surface area contributed by atoms with Gasteiger partial charge in [0.1, 0.15) is 17.9 Å². The smallest absolute Gasteiger partial charge is 0.238 e. The largest absolute Gasteiger partial charge is 0.368 e. The zero-order valence-corrected chi connectivity index (χ0v) is 19.4. The van der Waals surface area contributed by atoms with Gasteiger partial charge in [-0.15, -0.1) is 10.2 Å². The SMILES string of the molecule is Cn1nnc(-c2c(F)cccc2-c2ccc(CCNc3nccc(Cl)c3NC(=O)CC#N)cc2)n1. The summed E-state index contributed by atoms with van der Waals surface area (Å²) in [5, 5.41) is 26.7. The van der Waals surface area contributed by atoms with Crippen LogP contribution in [-0.4, -0.2) is 37.6 Å². The highest BCUT2D eigenvalue weighted by Crippen LogP contribution is 2.32. The average Bonchev–Trinajstić information content (AvgIpc) is 3.27. The van der Waals surface area contributed by atoms with Crippen molar-refractivity contribution in [1.29, 1.82) is 5.26 Å². The Balaban J connectivity index is 1.46. The normalized spacial score (nSPS) is 10.6. The van der Waals surface area contributed by atoms with Crippen LogP contribution in [0.25, 0.3) is 22.5 Å². The number of tetrazole rings is 1. The number of hydrogen-bond acceptors (Lipinski definition) is 7. The van der Waals surface area contributed by atoms with Crippen LogP contribution in [0, 0.1) is 17.1 Å². The van der Waals surface area contributed by atoms with E-state index in [9.17, 15) is 9.18 Å². The first kappa shape index (κ1) is 23.8. The molecular formula is C24H20ClFN8O. The number of anilines is 2. The van der Waals surface area contributed by atoms with Gasteiger partial charge in [0.2, 0.25) is 11.7 Å². The fraction of sp³-hybridized carbons (Fsp3) is 0.167. The first-order chi connectivity index (χ1) is 17.0. The summed E-state index contributed by atoms with van der Waals surface area (Å²) < 4.78 is 14.6. The second-order valence-electron chi connectivity index (χ2n) is 7.54. The van der Waals surface area contributed by atoms with E-state index in [1.54, 1.807) is 25.2 Å². The van der Waals surface area contributed by atoms with E-state index < -0.39 is 11.7 Å². The second kappa shape index (κ2) is 10.7.